The maximum atomic E-state index is 13.0. The molecular weight excluding hydrogens is 584 g/mol. The number of hydrogen-bond acceptors (Lipinski definition) is 4. The Morgan fingerprint density at radius 3 is 2.05 bits per heavy atom. The van der Waals surface area contributed by atoms with Crippen LogP contribution in [-0.4, -0.2) is 18.3 Å². The molecule has 0 aliphatic carbocycles. The van der Waals surface area contributed by atoms with Gasteiger partial charge in [-0.05, 0) is 37.6 Å². The Morgan fingerprint density at radius 1 is 0.850 bits per heavy atom. The van der Waals surface area contributed by atoms with E-state index in [1.165, 1.54) is 71.1 Å². The van der Waals surface area contributed by atoms with E-state index in [-0.39, 0.29) is 28.7 Å². The lowest BCUT2D eigenvalue weighted by atomic mass is 10.1. The minimum absolute atomic E-state index is 0. The minimum atomic E-state index is -0.222. The summed E-state index contributed by atoms with van der Waals surface area (Å²) in [5.74, 6) is 0.165. The molecule has 1 N–H and O–H groups in total. The molecule has 0 radical (unpaired) electrons. The largest absolute Gasteiger partial charge is 1.00 e. The number of halogens is 1. The number of rotatable bonds is 19. The molecule has 0 unspecified atom stereocenters. The third kappa shape index (κ3) is 11.9. The third-order valence-corrected chi connectivity index (χ3v) is 7.67. The molecule has 0 spiro atoms. The molecule has 3 rings (SSSR count). The number of ether oxygens (including phenoxy) is 1. The molecule has 0 atom stereocenters. The molecule has 0 bridgehead atoms. The van der Waals surface area contributed by atoms with Crippen LogP contribution in [0.25, 0.3) is 0 Å². The van der Waals surface area contributed by atoms with E-state index in [0.29, 0.717) is 29.2 Å². The van der Waals surface area contributed by atoms with Crippen LogP contribution in [0.4, 0.5) is 5.69 Å². The number of carbonyl (C=O) groups excluding carboxylic acids is 2. The molecule has 1 amide bonds. The van der Waals surface area contributed by atoms with Crippen LogP contribution in [0.15, 0.2) is 59.6 Å². The summed E-state index contributed by atoms with van der Waals surface area (Å²) in [5, 5.41) is 5.00. The van der Waals surface area contributed by atoms with Crippen LogP contribution < -0.4 is 31.6 Å². The van der Waals surface area contributed by atoms with Gasteiger partial charge in [-0.3, -0.25) is 9.59 Å². The highest BCUT2D eigenvalue weighted by atomic mass is 79.9. The average Bonchev–Trinajstić information content (AvgIpc) is 3.45. The van der Waals surface area contributed by atoms with Crippen molar-refractivity contribution in [3.8, 4) is 5.75 Å². The van der Waals surface area contributed by atoms with Gasteiger partial charge in [0.05, 0.1) is 23.2 Å². The number of Topliss-reactive ketones (excluding diaryl/α,β-unsaturated/α-hetero) is 1. The minimum Gasteiger partial charge on any atom is -1.00 e. The number of nitrogens with zero attached hydrogens (tertiary/aromatic N) is 1. The van der Waals surface area contributed by atoms with Crippen LogP contribution in [0.2, 0.25) is 0 Å². The zero-order valence-electron chi connectivity index (χ0n) is 24.1. The number of benzene rings is 2. The third-order valence-electron chi connectivity index (χ3n) is 7.00. The van der Waals surface area contributed by atoms with Gasteiger partial charge in [-0.2, -0.15) is 4.57 Å². The number of unbranched alkanes of at least 4 members (excludes halogenated alkanes) is 11. The van der Waals surface area contributed by atoms with Gasteiger partial charge < -0.3 is 27.0 Å². The van der Waals surface area contributed by atoms with Gasteiger partial charge in [0.25, 0.3) is 5.91 Å². The number of thiazole rings is 1. The summed E-state index contributed by atoms with van der Waals surface area (Å²) >= 11 is 1.65. The number of para-hydroxylation sites is 1. The van der Waals surface area contributed by atoms with Gasteiger partial charge in [0.1, 0.15) is 0 Å². The molecule has 0 aliphatic rings. The van der Waals surface area contributed by atoms with E-state index in [9.17, 15) is 9.59 Å². The van der Waals surface area contributed by atoms with Crippen LogP contribution in [0.5, 0.6) is 5.75 Å². The highest BCUT2D eigenvalue weighted by Gasteiger charge is 2.16. The number of aromatic nitrogens is 1. The summed E-state index contributed by atoms with van der Waals surface area (Å²) < 4.78 is 8.20. The Hall–Kier alpha value is -2.51. The molecule has 1 aromatic heterocycles. The fraction of sp³-hybridized carbons (Fsp3) is 0.485. The number of anilines is 1. The Morgan fingerprint density at radius 2 is 1.48 bits per heavy atom. The van der Waals surface area contributed by atoms with Crippen LogP contribution in [0, 0.1) is 0 Å². The fourth-order valence-corrected chi connectivity index (χ4v) is 5.30. The van der Waals surface area contributed by atoms with E-state index in [4.69, 9.17) is 4.74 Å². The van der Waals surface area contributed by atoms with Crippen LogP contribution >= 0.6 is 11.3 Å². The summed E-state index contributed by atoms with van der Waals surface area (Å²) in [6, 6.07) is 12.9. The molecule has 0 saturated carbocycles. The predicted octanol–water partition coefficient (Wildman–Crippen LogP) is 5.62. The zero-order chi connectivity index (χ0) is 27.7. The number of amides is 1. The first-order valence-corrected chi connectivity index (χ1v) is 15.6. The molecule has 7 heteroatoms. The van der Waals surface area contributed by atoms with Crippen LogP contribution in [-0.2, 0) is 6.54 Å². The van der Waals surface area contributed by atoms with Gasteiger partial charge in [-0.15, -0.1) is 0 Å². The highest BCUT2D eigenvalue weighted by molar-refractivity contribution is 7.07. The molecule has 0 fully saturated rings. The van der Waals surface area contributed by atoms with Gasteiger partial charge in [-0.25, -0.2) is 0 Å². The number of ketones is 1. The summed E-state index contributed by atoms with van der Waals surface area (Å²) in [6.45, 7) is 5.09. The van der Waals surface area contributed by atoms with Crippen LogP contribution in [0.3, 0.4) is 0 Å². The molecule has 1 heterocycles. The first-order valence-electron chi connectivity index (χ1n) is 14.7. The van der Waals surface area contributed by atoms with Gasteiger partial charge in [-0.1, -0.05) is 107 Å². The number of carbonyl (C=O) groups is 2. The maximum absolute atomic E-state index is 13.0. The van der Waals surface area contributed by atoms with Gasteiger partial charge in [0.2, 0.25) is 5.51 Å². The Balaban J connectivity index is 0.00000560. The van der Waals surface area contributed by atoms with Gasteiger partial charge in [0.15, 0.2) is 24.3 Å². The molecule has 3 aromatic rings. The Kier molecular flexibility index (Phi) is 16.5. The quantitative estimate of drug-likeness (QED) is 0.106. The van der Waals surface area contributed by atoms with Gasteiger partial charge >= 0.3 is 0 Å². The monoisotopic (exact) mass is 628 g/mol. The lowest BCUT2D eigenvalue weighted by Crippen LogP contribution is -3.00. The predicted molar refractivity (Wildman–Crippen MR) is 161 cm³/mol. The molecule has 40 heavy (non-hydrogen) atoms. The zero-order valence-corrected chi connectivity index (χ0v) is 26.5. The van der Waals surface area contributed by atoms with Crippen molar-refractivity contribution >= 4 is 28.7 Å². The standard InChI is InChI=1S/C33H44N2O3S.BrH/c1-3-4-5-6-7-8-9-10-11-12-13-14-23-38-32-30(27(2)36)16-15-17-31(32)34-33(37)29-20-18-28(19-21-29)25-35-22-24-39-26-35;/h15-22,24,26H,3-14,23,25H2,1-2H3;1H. The number of hydrogen-bond donors (Lipinski definition) is 1. The lowest BCUT2D eigenvalue weighted by Gasteiger charge is -2.15. The van der Waals surface area contributed by atoms with Crippen molar-refractivity contribution < 1.29 is 35.9 Å². The van der Waals surface area contributed by atoms with Crippen molar-refractivity contribution in [2.75, 3.05) is 11.9 Å². The van der Waals surface area contributed by atoms with E-state index >= 15 is 0 Å². The summed E-state index contributed by atoms with van der Waals surface area (Å²) in [7, 11) is 0. The fourth-order valence-electron chi connectivity index (χ4n) is 4.70. The molecule has 218 valence electrons. The smallest absolute Gasteiger partial charge is 0.255 e. The van der Waals surface area contributed by atoms with E-state index < -0.39 is 0 Å². The van der Waals surface area contributed by atoms with E-state index in [0.717, 1.165) is 24.9 Å². The van der Waals surface area contributed by atoms with Gasteiger partial charge in [0, 0.05) is 11.1 Å². The second-order valence-corrected chi connectivity index (χ2v) is 11.1. The summed E-state index contributed by atoms with van der Waals surface area (Å²) in [6.07, 6.45) is 17.4. The molecule has 2 aromatic carbocycles. The van der Waals surface area contributed by atoms with E-state index in [1.807, 2.05) is 35.8 Å². The van der Waals surface area contributed by atoms with Crippen molar-refractivity contribution in [2.24, 2.45) is 0 Å². The van der Waals surface area contributed by atoms with Crippen molar-refractivity contribution in [1.82, 2.24) is 0 Å². The summed E-state index contributed by atoms with van der Waals surface area (Å²) in [5.41, 5.74) is 4.77. The van der Waals surface area contributed by atoms with Crippen molar-refractivity contribution in [3.63, 3.8) is 0 Å². The average molecular weight is 630 g/mol. The second kappa shape index (κ2) is 19.5. The topological polar surface area (TPSA) is 59.3 Å². The Bertz CT molecular complexity index is 1130. The maximum Gasteiger partial charge on any atom is 0.255 e. The van der Waals surface area contributed by atoms with Crippen molar-refractivity contribution in [2.45, 2.75) is 97.4 Å². The SMILES string of the molecule is CCCCCCCCCCCCCCOc1c(NC(=O)c2ccc(C[n+]3ccsc3)cc2)cccc1C(C)=O.[Br-]. The first-order chi connectivity index (χ1) is 19.1. The molecule has 0 aliphatic heterocycles. The van der Waals surface area contributed by atoms with Crippen LogP contribution in [0.1, 0.15) is 117 Å². The first kappa shape index (κ1) is 33.7. The van der Waals surface area contributed by atoms with E-state index in [1.54, 1.807) is 29.5 Å². The van der Waals surface area contributed by atoms with Crippen molar-refractivity contribution in [3.05, 3.63) is 76.2 Å². The Labute approximate surface area is 255 Å². The lowest BCUT2D eigenvalue weighted by molar-refractivity contribution is -0.683. The molecule has 5 nitrogen and oxygen atoms in total. The summed E-state index contributed by atoms with van der Waals surface area (Å²) in [4.78, 5) is 25.3. The molecule has 0 saturated heterocycles. The number of nitrogens with one attached hydrogen (secondary N) is 1. The van der Waals surface area contributed by atoms with E-state index in [2.05, 4.69) is 22.3 Å². The normalized spacial score (nSPS) is 10.7. The highest BCUT2D eigenvalue weighted by Crippen LogP contribution is 2.30. The second-order valence-electron chi connectivity index (χ2n) is 10.3. The van der Waals surface area contributed by atoms with Crippen molar-refractivity contribution in [1.29, 1.82) is 0 Å². The molecular formula is C33H45BrN2O3S.